The van der Waals surface area contributed by atoms with E-state index in [0.29, 0.717) is 22.3 Å². The van der Waals surface area contributed by atoms with Gasteiger partial charge in [0.25, 0.3) is 11.5 Å². The van der Waals surface area contributed by atoms with Gasteiger partial charge < -0.3 is 10.6 Å². The molecule has 2 N–H and O–H groups in total. The number of fused-ring (bicyclic) bond motifs is 1. The van der Waals surface area contributed by atoms with Gasteiger partial charge in [-0.05, 0) is 55.2 Å². The van der Waals surface area contributed by atoms with Crippen molar-refractivity contribution in [2.75, 3.05) is 5.32 Å². The highest BCUT2D eigenvalue weighted by Crippen LogP contribution is 2.20. The summed E-state index contributed by atoms with van der Waals surface area (Å²) in [5, 5.41) is 5.76. The lowest BCUT2D eigenvalue weighted by molar-refractivity contribution is -0.116. The van der Waals surface area contributed by atoms with Crippen LogP contribution < -0.4 is 16.2 Å². The number of rotatable bonds is 6. The normalized spacial score (nSPS) is 13.3. The van der Waals surface area contributed by atoms with Crippen LogP contribution in [0.2, 0.25) is 0 Å². The molecule has 1 fully saturated rings. The maximum Gasteiger partial charge on any atom is 0.269 e. The van der Waals surface area contributed by atoms with E-state index in [2.05, 4.69) is 15.6 Å². The summed E-state index contributed by atoms with van der Waals surface area (Å²) in [5.41, 5.74) is 2.94. The molecular formula is C22H22N4O3. The predicted octanol–water partition coefficient (Wildman–Crippen LogP) is 2.49. The second-order valence-corrected chi connectivity index (χ2v) is 7.24. The highest BCUT2D eigenvalue weighted by molar-refractivity contribution is 5.98. The van der Waals surface area contributed by atoms with Crippen LogP contribution in [0.4, 0.5) is 5.69 Å². The van der Waals surface area contributed by atoms with E-state index < -0.39 is 0 Å². The molecule has 2 amide bonds. The molecule has 7 nitrogen and oxygen atoms in total. The summed E-state index contributed by atoms with van der Waals surface area (Å²) in [4.78, 5) is 41.3. The Morgan fingerprint density at radius 2 is 2.00 bits per heavy atom. The molecule has 4 rings (SSSR count). The maximum atomic E-state index is 12.5. The van der Waals surface area contributed by atoms with Crippen molar-refractivity contribution in [3.05, 3.63) is 70.1 Å². The Bertz CT molecular complexity index is 1150. The van der Waals surface area contributed by atoms with Crippen LogP contribution in [0.5, 0.6) is 0 Å². The van der Waals surface area contributed by atoms with Gasteiger partial charge in [0.05, 0.1) is 17.2 Å². The van der Waals surface area contributed by atoms with Crippen LogP contribution in [0.15, 0.2) is 53.5 Å². The molecule has 0 radical (unpaired) electrons. The summed E-state index contributed by atoms with van der Waals surface area (Å²) in [7, 11) is 0. The molecule has 148 valence electrons. The second-order valence-electron chi connectivity index (χ2n) is 7.24. The third-order valence-corrected chi connectivity index (χ3v) is 4.94. The van der Waals surface area contributed by atoms with Crippen molar-refractivity contribution in [3.8, 4) is 0 Å². The van der Waals surface area contributed by atoms with Crippen LogP contribution in [-0.4, -0.2) is 27.4 Å². The number of aryl methyl sites for hydroxylation is 1. The fraction of sp³-hybridized carbons (Fsp3) is 0.273. The molecule has 0 aliphatic heterocycles. The quantitative estimate of drug-likeness (QED) is 0.676. The number of aromatic nitrogens is 2. The van der Waals surface area contributed by atoms with E-state index in [1.54, 1.807) is 18.2 Å². The van der Waals surface area contributed by atoms with Crippen LogP contribution in [0.1, 0.15) is 35.7 Å². The molecule has 0 bridgehead atoms. The smallest absolute Gasteiger partial charge is 0.269 e. The first-order valence-electron chi connectivity index (χ1n) is 9.73. The van der Waals surface area contributed by atoms with Gasteiger partial charge in [-0.15, -0.1) is 0 Å². The third kappa shape index (κ3) is 4.34. The van der Waals surface area contributed by atoms with Crippen molar-refractivity contribution in [1.82, 2.24) is 14.9 Å². The second kappa shape index (κ2) is 7.87. The first-order valence-corrected chi connectivity index (χ1v) is 9.73. The third-order valence-electron chi connectivity index (χ3n) is 4.94. The van der Waals surface area contributed by atoms with E-state index >= 15 is 0 Å². The zero-order valence-corrected chi connectivity index (χ0v) is 16.1. The molecule has 29 heavy (non-hydrogen) atoms. The molecule has 0 unspecified atom stereocenters. The number of anilines is 1. The minimum Gasteiger partial charge on any atom is -0.349 e. The Morgan fingerprint density at radius 3 is 2.76 bits per heavy atom. The Labute approximate surface area is 167 Å². The van der Waals surface area contributed by atoms with E-state index in [9.17, 15) is 14.4 Å². The van der Waals surface area contributed by atoms with Gasteiger partial charge in [0, 0.05) is 17.3 Å². The molecular weight excluding hydrogens is 368 g/mol. The number of carbonyl (C=O) groups excluding carboxylic acids is 2. The molecule has 7 heteroatoms. The SMILES string of the molecule is CCc1cccc(NC(=O)Cn2c(=O)cnc3cc(C(=O)NC4CC4)ccc32)c1. The Morgan fingerprint density at radius 1 is 1.17 bits per heavy atom. The number of benzene rings is 2. The lowest BCUT2D eigenvalue weighted by Crippen LogP contribution is -2.28. The first-order chi connectivity index (χ1) is 14.0. The molecule has 1 aliphatic carbocycles. The van der Waals surface area contributed by atoms with Crippen LogP contribution in [0, 0.1) is 0 Å². The average Bonchev–Trinajstić information content (AvgIpc) is 3.54. The summed E-state index contributed by atoms with van der Waals surface area (Å²) < 4.78 is 1.36. The minimum atomic E-state index is -0.370. The van der Waals surface area contributed by atoms with Gasteiger partial charge in [0.2, 0.25) is 5.91 Å². The van der Waals surface area contributed by atoms with E-state index in [-0.39, 0.29) is 30.0 Å². The van der Waals surface area contributed by atoms with E-state index in [1.807, 2.05) is 31.2 Å². The van der Waals surface area contributed by atoms with Gasteiger partial charge in [-0.1, -0.05) is 19.1 Å². The Kier molecular flexibility index (Phi) is 5.12. The van der Waals surface area contributed by atoms with Gasteiger partial charge in [-0.3, -0.25) is 19.0 Å². The summed E-state index contributed by atoms with van der Waals surface area (Å²) in [6, 6.07) is 12.8. The number of hydrogen-bond acceptors (Lipinski definition) is 4. The Hall–Kier alpha value is -3.48. The Balaban J connectivity index is 1.57. The summed E-state index contributed by atoms with van der Waals surface area (Å²) in [5.74, 6) is -0.453. The minimum absolute atomic E-state index is 0.137. The highest BCUT2D eigenvalue weighted by Gasteiger charge is 2.24. The van der Waals surface area contributed by atoms with Crippen LogP contribution in [-0.2, 0) is 17.8 Å². The van der Waals surface area contributed by atoms with E-state index in [4.69, 9.17) is 0 Å². The fourth-order valence-corrected chi connectivity index (χ4v) is 3.18. The molecule has 0 saturated heterocycles. The van der Waals surface area contributed by atoms with Crippen molar-refractivity contribution < 1.29 is 9.59 Å². The number of nitrogens with zero attached hydrogens (tertiary/aromatic N) is 2. The average molecular weight is 390 g/mol. The van der Waals surface area contributed by atoms with Crippen molar-refractivity contribution >= 4 is 28.5 Å². The van der Waals surface area contributed by atoms with Crippen molar-refractivity contribution in [1.29, 1.82) is 0 Å². The highest BCUT2D eigenvalue weighted by atomic mass is 16.2. The maximum absolute atomic E-state index is 12.5. The van der Waals surface area contributed by atoms with Crippen LogP contribution in [0.3, 0.4) is 0 Å². The largest absolute Gasteiger partial charge is 0.349 e. The van der Waals surface area contributed by atoms with Gasteiger partial charge in [0.1, 0.15) is 6.54 Å². The number of carbonyl (C=O) groups is 2. The lowest BCUT2D eigenvalue weighted by Gasteiger charge is -2.11. The summed E-state index contributed by atoms with van der Waals surface area (Å²) >= 11 is 0. The molecule has 1 aromatic heterocycles. The van der Waals surface area contributed by atoms with Crippen LogP contribution >= 0.6 is 0 Å². The van der Waals surface area contributed by atoms with Crippen LogP contribution in [0.25, 0.3) is 11.0 Å². The predicted molar refractivity (Wildman–Crippen MR) is 111 cm³/mol. The molecule has 3 aromatic rings. The lowest BCUT2D eigenvalue weighted by atomic mass is 10.1. The van der Waals surface area contributed by atoms with Gasteiger partial charge in [-0.25, -0.2) is 4.98 Å². The van der Waals surface area contributed by atoms with Crippen molar-refractivity contribution in [3.63, 3.8) is 0 Å². The standard InChI is InChI=1S/C22H22N4O3/c1-2-14-4-3-5-17(10-14)24-20(27)13-26-19-9-6-15(22(29)25-16-7-8-16)11-18(19)23-12-21(26)28/h3-6,9-12,16H,2,7-8,13H2,1H3,(H,24,27)(H,25,29). The van der Waals surface area contributed by atoms with Crippen molar-refractivity contribution in [2.45, 2.75) is 38.8 Å². The zero-order chi connectivity index (χ0) is 20.4. The van der Waals surface area contributed by atoms with Crippen molar-refractivity contribution in [2.24, 2.45) is 0 Å². The van der Waals surface area contributed by atoms with Gasteiger partial charge in [-0.2, -0.15) is 0 Å². The monoisotopic (exact) mass is 390 g/mol. The van der Waals surface area contributed by atoms with E-state index in [1.165, 1.54) is 10.8 Å². The first kappa shape index (κ1) is 18.9. The molecule has 1 saturated carbocycles. The molecule has 0 atom stereocenters. The number of nitrogens with one attached hydrogen (secondary N) is 2. The molecule has 1 aliphatic rings. The van der Waals surface area contributed by atoms with E-state index in [0.717, 1.165) is 24.8 Å². The van der Waals surface area contributed by atoms with Gasteiger partial charge in [0.15, 0.2) is 0 Å². The zero-order valence-electron chi connectivity index (χ0n) is 16.1. The molecule has 0 spiro atoms. The topological polar surface area (TPSA) is 93.1 Å². The number of hydrogen-bond donors (Lipinski definition) is 2. The molecule has 1 heterocycles. The van der Waals surface area contributed by atoms with Gasteiger partial charge >= 0.3 is 0 Å². The summed E-state index contributed by atoms with van der Waals surface area (Å²) in [6.45, 7) is 1.91. The fourth-order valence-electron chi connectivity index (χ4n) is 3.18. The molecule has 2 aromatic carbocycles. The number of amides is 2. The summed E-state index contributed by atoms with van der Waals surface area (Å²) in [6.07, 6.45) is 4.06.